The van der Waals surface area contributed by atoms with Gasteiger partial charge in [0.25, 0.3) is 5.91 Å². The van der Waals surface area contributed by atoms with Crippen LogP contribution in [0.25, 0.3) is 0 Å². The van der Waals surface area contributed by atoms with E-state index in [1.165, 1.54) is 36.0 Å². The van der Waals surface area contributed by atoms with E-state index in [2.05, 4.69) is 5.32 Å². The van der Waals surface area contributed by atoms with Crippen molar-refractivity contribution in [1.29, 1.82) is 0 Å². The number of thioether (sulfide) groups is 1. The van der Waals surface area contributed by atoms with E-state index in [0.717, 1.165) is 10.5 Å². The topological polar surface area (TPSA) is 46.2 Å². The number of halogens is 1. The second-order valence-electron chi connectivity index (χ2n) is 6.07. The summed E-state index contributed by atoms with van der Waals surface area (Å²) < 4.78 is 13.0. The van der Waals surface area contributed by atoms with Crippen molar-refractivity contribution in [3.63, 3.8) is 0 Å². The molecule has 0 saturated heterocycles. The van der Waals surface area contributed by atoms with Crippen molar-refractivity contribution in [2.75, 3.05) is 11.1 Å². The van der Waals surface area contributed by atoms with Gasteiger partial charge in [0.1, 0.15) is 5.82 Å². The number of aryl methyl sites for hydroxylation is 1. The predicted octanol–water partition coefficient (Wildman–Crippen LogP) is 5.36. The second kappa shape index (κ2) is 8.64. The fourth-order valence-electron chi connectivity index (χ4n) is 2.44. The molecule has 0 aliphatic heterocycles. The Kier molecular flexibility index (Phi) is 6.04. The van der Waals surface area contributed by atoms with E-state index in [-0.39, 0.29) is 17.5 Å². The fourth-order valence-corrected chi connectivity index (χ4v) is 3.29. The number of anilines is 1. The van der Waals surface area contributed by atoms with E-state index in [0.29, 0.717) is 22.6 Å². The third kappa shape index (κ3) is 5.28. The molecule has 0 aliphatic rings. The highest BCUT2D eigenvalue weighted by molar-refractivity contribution is 8.00. The van der Waals surface area contributed by atoms with Crippen molar-refractivity contribution in [3.05, 3.63) is 95.3 Å². The van der Waals surface area contributed by atoms with Crippen molar-refractivity contribution in [2.24, 2.45) is 0 Å². The minimum absolute atomic E-state index is 0.0563. The normalized spacial score (nSPS) is 10.4. The van der Waals surface area contributed by atoms with E-state index in [9.17, 15) is 14.0 Å². The lowest BCUT2D eigenvalue weighted by Gasteiger charge is -2.08. The quantitative estimate of drug-likeness (QED) is 0.463. The van der Waals surface area contributed by atoms with Gasteiger partial charge in [0, 0.05) is 21.7 Å². The molecule has 3 rings (SSSR count). The molecule has 0 heterocycles. The SMILES string of the molecule is Cc1ccc(C(=O)CSc2cccc(NC(=O)c3ccc(F)cc3)c2)cc1. The summed E-state index contributed by atoms with van der Waals surface area (Å²) in [5, 5.41) is 2.78. The Hall–Kier alpha value is -2.92. The molecule has 5 heteroatoms. The van der Waals surface area contributed by atoms with Crippen LogP contribution in [-0.4, -0.2) is 17.4 Å². The first-order valence-electron chi connectivity index (χ1n) is 8.41. The highest BCUT2D eigenvalue weighted by Crippen LogP contribution is 2.23. The van der Waals surface area contributed by atoms with Crippen molar-refractivity contribution in [2.45, 2.75) is 11.8 Å². The average Bonchev–Trinajstić information content (AvgIpc) is 2.67. The van der Waals surface area contributed by atoms with Gasteiger partial charge in [-0.2, -0.15) is 0 Å². The molecule has 0 unspecified atom stereocenters. The highest BCUT2D eigenvalue weighted by atomic mass is 32.2. The number of hydrogen-bond acceptors (Lipinski definition) is 3. The molecular weight excluding hydrogens is 361 g/mol. The smallest absolute Gasteiger partial charge is 0.255 e. The fraction of sp³-hybridized carbons (Fsp3) is 0.0909. The number of carbonyl (C=O) groups excluding carboxylic acids is 2. The zero-order valence-electron chi connectivity index (χ0n) is 14.7. The molecule has 0 radical (unpaired) electrons. The summed E-state index contributed by atoms with van der Waals surface area (Å²) in [6, 6.07) is 20.2. The van der Waals surface area contributed by atoms with Crippen molar-refractivity contribution in [1.82, 2.24) is 0 Å². The van der Waals surface area contributed by atoms with Crippen LogP contribution in [0.3, 0.4) is 0 Å². The van der Waals surface area contributed by atoms with Gasteiger partial charge in [0.05, 0.1) is 5.75 Å². The molecule has 136 valence electrons. The largest absolute Gasteiger partial charge is 0.322 e. The standard InChI is InChI=1S/C22H18FNO2S/c1-15-5-7-16(8-6-15)21(25)14-27-20-4-2-3-19(13-20)24-22(26)17-9-11-18(23)12-10-17/h2-13H,14H2,1H3,(H,24,26). The second-order valence-corrected chi connectivity index (χ2v) is 7.12. The highest BCUT2D eigenvalue weighted by Gasteiger charge is 2.09. The molecule has 0 atom stereocenters. The van der Waals surface area contributed by atoms with Crippen LogP contribution in [0.4, 0.5) is 10.1 Å². The molecule has 0 fully saturated rings. The van der Waals surface area contributed by atoms with Gasteiger partial charge in [-0.3, -0.25) is 9.59 Å². The maximum atomic E-state index is 13.0. The number of rotatable bonds is 6. The molecule has 27 heavy (non-hydrogen) atoms. The number of amides is 1. The number of Topliss-reactive ketones (excluding diaryl/α,β-unsaturated/α-hetero) is 1. The van der Waals surface area contributed by atoms with Gasteiger partial charge >= 0.3 is 0 Å². The maximum Gasteiger partial charge on any atom is 0.255 e. The van der Waals surface area contributed by atoms with Gasteiger partial charge in [-0.1, -0.05) is 35.9 Å². The minimum atomic E-state index is -0.386. The molecule has 3 nitrogen and oxygen atoms in total. The Balaban J connectivity index is 1.61. The Morgan fingerprint density at radius 2 is 1.59 bits per heavy atom. The van der Waals surface area contributed by atoms with Crippen LogP contribution in [0.1, 0.15) is 26.3 Å². The van der Waals surface area contributed by atoms with E-state index in [1.807, 2.05) is 49.4 Å². The van der Waals surface area contributed by atoms with Crippen molar-refractivity contribution >= 4 is 29.1 Å². The molecule has 0 bridgehead atoms. The summed E-state index contributed by atoms with van der Waals surface area (Å²) in [6.45, 7) is 1.98. The molecular formula is C22H18FNO2S. The Labute approximate surface area is 161 Å². The van der Waals surface area contributed by atoms with E-state index < -0.39 is 0 Å². The number of nitrogens with one attached hydrogen (secondary N) is 1. The van der Waals surface area contributed by atoms with Crippen LogP contribution in [0, 0.1) is 12.7 Å². The van der Waals surface area contributed by atoms with E-state index in [1.54, 1.807) is 6.07 Å². The lowest BCUT2D eigenvalue weighted by molar-refractivity contribution is 0.101. The molecule has 3 aromatic rings. The number of hydrogen-bond donors (Lipinski definition) is 1. The molecule has 1 amide bonds. The Morgan fingerprint density at radius 3 is 2.30 bits per heavy atom. The number of benzene rings is 3. The van der Waals surface area contributed by atoms with Crippen LogP contribution in [0.15, 0.2) is 77.7 Å². The van der Waals surface area contributed by atoms with E-state index >= 15 is 0 Å². The van der Waals surface area contributed by atoms with Crippen LogP contribution in [0.2, 0.25) is 0 Å². The minimum Gasteiger partial charge on any atom is -0.322 e. The lowest BCUT2D eigenvalue weighted by Crippen LogP contribution is -2.11. The summed E-state index contributed by atoms with van der Waals surface area (Å²) in [5.41, 5.74) is 2.80. The third-order valence-electron chi connectivity index (χ3n) is 3.94. The number of carbonyl (C=O) groups is 2. The van der Waals surface area contributed by atoms with Gasteiger partial charge in [-0.25, -0.2) is 4.39 Å². The zero-order chi connectivity index (χ0) is 19.2. The Morgan fingerprint density at radius 1 is 0.926 bits per heavy atom. The first kappa shape index (κ1) is 18.9. The van der Waals surface area contributed by atoms with Crippen LogP contribution in [-0.2, 0) is 0 Å². The molecule has 0 spiro atoms. The first-order valence-corrected chi connectivity index (χ1v) is 9.39. The predicted molar refractivity (Wildman–Crippen MR) is 107 cm³/mol. The molecule has 0 saturated carbocycles. The van der Waals surface area contributed by atoms with Gasteiger partial charge in [0.15, 0.2) is 5.78 Å². The number of ketones is 1. The van der Waals surface area contributed by atoms with Crippen LogP contribution < -0.4 is 5.32 Å². The summed E-state index contributed by atoms with van der Waals surface area (Å²) >= 11 is 1.42. The molecule has 1 N–H and O–H groups in total. The van der Waals surface area contributed by atoms with Gasteiger partial charge in [-0.15, -0.1) is 11.8 Å². The average molecular weight is 379 g/mol. The van der Waals surface area contributed by atoms with Crippen LogP contribution >= 0.6 is 11.8 Å². The monoisotopic (exact) mass is 379 g/mol. The summed E-state index contributed by atoms with van der Waals surface area (Å²) in [5.74, 6) is -0.324. The van der Waals surface area contributed by atoms with Gasteiger partial charge < -0.3 is 5.32 Å². The zero-order valence-corrected chi connectivity index (χ0v) is 15.6. The summed E-state index contributed by atoms with van der Waals surface area (Å²) in [4.78, 5) is 25.4. The summed E-state index contributed by atoms with van der Waals surface area (Å²) in [6.07, 6.45) is 0. The van der Waals surface area contributed by atoms with E-state index in [4.69, 9.17) is 0 Å². The molecule has 0 aromatic heterocycles. The summed E-state index contributed by atoms with van der Waals surface area (Å²) in [7, 11) is 0. The lowest BCUT2D eigenvalue weighted by atomic mass is 10.1. The van der Waals surface area contributed by atoms with Crippen LogP contribution in [0.5, 0.6) is 0 Å². The van der Waals surface area contributed by atoms with Gasteiger partial charge in [-0.05, 0) is 49.4 Å². The van der Waals surface area contributed by atoms with Gasteiger partial charge in [0.2, 0.25) is 0 Å². The molecule has 0 aliphatic carbocycles. The van der Waals surface area contributed by atoms with Crippen molar-refractivity contribution in [3.8, 4) is 0 Å². The maximum absolute atomic E-state index is 13.0. The first-order chi connectivity index (χ1) is 13.0. The third-order valence-corrected chi connectivity index (χ3v) is 4.94. The van der Waals surface area contributed by atoms with Crippen molar-refractivity contribution < 1.29 is 14.0 Å². The molecule has 3 aromatic carbocycles. The Bertz CT molecular complexity index is 953.